The van der Waals surface area contributed by atoms with E-state index in [1.54, 1.807) is 12.3 Å². The highest BCUT2D eigenvalue weighted by Crippen LogP contribution is 2.23. The molecule has 0 saturated carbocycles. The van der Waals surface area contributed by atoms with Crippen LogP contribution in [0.15, 0.2) is 12.3 Å². The smallest absolute Gasteiger partial charge is 0.144 e. The number of aromatic nitrogens is 2. The molecule has 1 saturated heterocycles. The molecule has 0 aromatic carbocycles. The Balaban J connectivity index is 2.09. The maximum atomic E-state index is 9.40. The van der Waals surface area contributed by atoms with Gasteiger partial charge in [-0.1, -0.05) is 6.42 Å². The third-order valence-corrected chi connectivity index (χ3v) is 3.46. The van der Waals surface area contributed by atoms with Crippen LogP contribution in [0.4, 0.5) is 5.82 Å². The van der Waals surface area contributed by atoms with Crippen LogP contribution in [0.2, 0.25) is 0 Å². The molecular weight excluding hydrogens is 216 g/mol. The number of hydrogen-bond acceptors (Lipinski definition) is 5. The van der Waals surface area contributed by atoms with E-state index in [4.69, 9.17) is 5.73 Å². The fourth-order valence-corrected chi connectivity index (χ4v) is 2.48. The molecule has 1 aromatic rings. The number of aliphatic hydroxyl groups excluding tert-OH is 1. The summed E-state index contributed by atoms with van der Waals surface area (Å²) in [6, 6.07) is 2.38. The minimum atomic E-state index is 0.201. The highest BCUT2D eigenvalue weighted by Gasteiger charge is 2.27. The van der Waals surface area contributed by atoms with Gasteiger partial charge in [-0.15, -0.1) is 0 Å². The third-order valence-electron chi connectivity index (χ3n) is 3.46. The molecule has 3 N–H and O–H groups in total. The third kappa shape index (κ3) is 2.92. The Kier molecular flexibility index (Phi) is 3.91. The van der Waals surface area contributed by atoms with Crippen LogP contribution in [-0.2, 0) is 6.54 Å². The largest absolute Gasteiger partial charge is 0.395 e. The lowest BCUT2D eigenvalue weighted by Gasteiger charge is -2.39. The van der Waals surface area contributed by atoms with Crippen molar-refractivity contribution in [2.45, 2.75) is 44.8 Å². The molecule has 1 aliphatic heterocycles. The minimum absolute atomic E-state index is 0.201. The molecule has 1 aliphatic rings. The van der Waals surface area contributed by atoms with E-state index in [0.717, 1.165) is 12.2 Å². The molecule has 1 aromatic heterocycles. The predicted molar refractivity (Wildman–Crippen MR) is 66.2 cm³/mol. The molecule has 0 amide bonds. The van der Waals surface area contributed by atoms with E-state index in [9.17, 15) is 5.11 Å². The molecule has 17 heavy (non-hydrogen) atoms. The van der Waals surface area contributed by atoms with Crippen molar-refractivity contribution >= 4 is 5.82 Å². The van der Waals surface area contributed by atoms with Crippen molar-refractivity contribution < 1.29 is 5.11 Å². The molecule has 0 spiro atoms. The first kappa shape index (κ1) is 12.3. The first-order valence-electron chi connectivity index (χ1n) is 6.14. The van der Waals surface area contributed by atoms with Gasteiger partial charge < -0.3 is 10.8 Å². The van der Waals surface area contributed by atoms with Crippen LogP contribution in [0, 0.1) is 0 Å². The predicted octanol–water partition coefficient (Wildman–Crippen LogP) is 0.794. The molecule has 1 fully saturated rings. The van der Waals surface area contributed by atoms with Gasteiger partial charge in [-0.05, 0) is 25.8 Å². The first-order valence-corrected chi connectivity index (χ1v) is 6.14. The number of piperidine rings is 1. The van der Waals surface area contributed by atoms with Crippen LogP contribution in [0.5, 0.6) is 0 Å². The van der Waals surface area contributed by atoms with Crippen molar-refractivity contribution in [2.75, 3.05) is 12.3 Å². The fraction of sp³-hybridized carbons (Fsp3) is 0.667. The van der Waals surface area contributed by atoms with Crippen LogP contribution in [0.1, 0.15) is 32.0 Å². The van der Waals surface area contributed by atoms with E-state index in [-0.39, 0.29) is 12.6 Å². The molecule has 0 aliphatic carbocycles. The molecule has 5 nitrogen and oxygen atoms in total. The Morgan fingerprint density at radius 3 is 3.06 bits per heavy atom. The van der Waals surface area contributed by atoms with Crippen molar-refractivity contribution in [3.05, 3.63) is 18.1 Å². The average molecular weight is 236 g/mol. The number of nitrogens with zero attached hydrogens (tertiary/aromatic N) is 3. The number of likely N-dealkylation sites (tertiary alicyclic amines) is 1. The molecule has 2 heterocycles. The van der Waals surface area contributed by atoms with E-state index in [1.165, 1.54) is 12.8 Å². The SMILES string of the molecule is CC1CCCC(CO)N1Cc1nccc(N)n1. The number of hydrogen-bond donors (Lipinski definition) is 2. The summed E-state index contributed by atoms with van der Waals surface area (Å²) in [4.78, 5) is 10.7. The van der Waals surface area contributed by atoms with E-state index in [0.29, 0.717) is 18.4 Å². The van der Waals surface area contributed by atoms with E-state index < -0.39 is 0 Å². The lowest BCUT2D eigenvalue weighted by atomic mass is 9.97. The van der Waals surface area contributed by atoms with Gasteiger partial charge in [-0.3, -0.25) is 4.90 Å². The first-order chi connectivity index (χ1) is 8.20. The summed E-state index contributed by atoms with van der Waals surface area (Å²) in [7, 11) is 0. The van der Waals surface area contributed by atoms with Gasteiger partial charge in [0.2, 0.25) is 0 Å². The second-order valence-electron chi connectivity index (χ2n) is 4.69. The maximum Gasteiger partial charge on any atom is 0.144 e. The Morgan fingerprint density at radius 1 is 1.53 bits per heavy atom. The summed E-state index contributed by atoms with van der Waals surface area (Å²) in [5.74, 6) is 1.23. The molecule has 2 atom stereocenters. The number of aliphatic hydroxyl groups is 1. The van der Waals surface area contributed by atoms with Gasteiger partial charge in [-0.2, -0.15) is 0 Å². The Bertz CT molecular complexity index is 371. The maximum absolute atomic E-state index is 9.40. The quantitative estimate of drug-likeness (QED) is 0.811. The Labute approximate surface area is 102 Å². The van der Waals surface area contributed by atoms with Gasteiger partial charge in [-0.25, -0.2) is 9.97 Å². The Morgan fingerprint density at radius 2 is 2.35 bits per heavy atom. The second-order valence-corrected chi connectivity index (χ2v) is 4.69. The molecule has 0 bridgehead atoms. The summed E-state index contributed by atoms with van der Waals surface area (Å²) < 4.78 is 0. The number of nitrogen functional groups attached to an aromatic ring is 1. The Hall–Kier alpha value is -1.20. The van der Waals surface area contributed by atoms with Gasteiger partial charge in [0.25, 0.3) is 0 Å². The lowest BCUT2D eigenvalue weighted by Crippen LogP contribution is -2.46. The average Bonchev–Trinajstić information content (AvgIpc) is 2.32. The van der Waals surface area contributed by atoms with Crippen LogP contribution in [0.3, 0.4) is 0 Å². The topological polar surface area (TPSA) is 75.3 Å². The van der Waals surface area contributed by atoms with Gasteiger partial charge in [0.1, 0.15) is 11.6 Å². The zero-order valence-corrected chi connectivity index (χ0v) is 10.2. The summed E-state index contributed by atoms with van der Waals surface area (Å²) in [6.45, 7) is 3.05. The highest BCUT2D eigenvalue weighted by atomic mass is 16.3. The zero-order valence-electron chi connectivity index (χ0n) is 10.2. The molecular formula is C12H20N4O. The van der Waals surface area contributed by atoms with E-state index in [2.05, 4.69) is 21.8 Å². The highest BCUT2D eigenvalue weighted by molar-refractivity contribution is 5.25. The number of nitrogens with two attached hydrogens (primary N) is 1. The monoisotopic (exact) mass is 236 g/mol. The standard InChI is InChI=1S/C12H20N4O/c1-9-3-2-4-10(8-17)16(9)7-12-14-6-5-11(13)15-12/h5-6,9-10,17H,2-4,7-8H2,1H3,(H2,13,14,15). The molecule has 94 valence electrons. The zero-order chi connectivity index (χ0) is 12.3. The molecule has 2 rings (SSSR count). The van der Waals surface area contributed by atoms with Crippen LogP contribution in [-0.4, -0.2) is 38.7 Å². The van der Waals surface area contributed by atoms with Gasteiger partial charge >= 0.3 is 0 Å². The van der Waals surface area contributed by atoms with Crippen molar-refractivity contribution in [1.82, 2.24) is 14.9 Å². The van der Waals surface area contributed by atoms with E-state index >= 15 is 0 Å². The van der Waals surface area contributed by atoms with Crippen LogP contribution < -0.4 is 5.73 Å². The summed E-state index contributed by atoms with van der Waals surface area (Å²) in [6.07, 6.45) is 5.07. The van der Waals surface area contributed by atoms with Crippen LogP contribution >= 0.6 is 0 Å². The lowest BCUT2D eigenvalue weighted by molar-refractivity contribution is 0.0431. The van der Waals surface area contributed by atoms with Gasteiger partial charge in [0.05, 0.1) is 13.2 Å². The van der Waals surface area contributed by atoms with Crippen molar-refractivity contribution in [1.29, 1.82) is 0 Å². The number of anilines is 1. The van der Waals surface area contributed by atoms with Crippen molar-refractivity contribution in [2.24, 2.45) is 0 Å². The van der Waals surface area contributed by atoms with Crippen molar-refractivity contribution in [3.63, 3.8) is 0 Å². The normalized spacial score (nSPS) is 26.0. The molecule has 2 unspecified atom stereocenters. The summed E-state index contributed by atoms with van der Waals surface area (Å²) >= 11 is 0. The minimum Gasteiger partial charge on any atom is -0.395 e. The molecule has 0 radical (unpaired) electrons. The number of rotatable bonds is 3. The fourth-order valence-electron chi connectivity index (χ4n) is 2.48. The summed E-state index contributed by atoms with van der Waals surface area (Å²) in [5.41, 5.74) is 5.65. The molecule has 5 heteroatoms. The summed E-state index contributed by atoms with van der Waals surface area (Å²) in [5, 5.41) is 9.40. The van der Waals surface area contributed by atoms with E-state index in [1.807, 2.05) is 0 Å². The van der Waals surface area contributed by atoms with Gasteiger partial charge in [0, 0.05) is 18.3 Å². The van der Waals surface area contributed by atoms with Gasteiger partial charge in [0.15, 0.2) is 0 Å². The van der Waals surface area contributed by atoms with Crippen molar-refractivity contribution in [3.8, 4) is 0 Å². The second kappa shape index (κ2) is 5.42. The van der Waals surface area contributed by atoms with Crippen LogP contribution in [0.25, 0.3) is 0 Å².